The van der Waals surface area contributed by atoms with Gasteiger partial charge in [-0.25, -0.2) is 19.5 Å². The highest BCUT2D eigenvalue weighted by atomic mass is 19.4. The van der Waals surface area contributed by atoms with Crippen molar-refractivity contribution in [3.8, 4) is 0 Å². The molecule has 1 aliphatic rings. The summed E-state index contributed by atoms with van der Waals surface area (Å²) < 4.78 is 40.0. The van der Waals surface area contributed by atoms with Crippen LogP contribution in [0.2, 0.25) is 0 Å². The summed E-state index contributed by atoms with van der Waals surface area (Å²) in [5.74, 6) is -0.00673. The zero-order chi connectivity index (χ0) is 19.0. The molecule has 0 saturated carbocycles. The van der Waals surface area contributed by atoms with E-state index >= 15 is 0 Å². The van der Waals surface area contributed by atoms with Gasteiger partial charge in [-0.15, -0.1) is 0 Å². The van der Waals surface area contributed by atoms with Gasteiger partial charge in [0, 0.05) is 18.0 Å². The van der Waals surface area contributed by atoms with E-state index in [1.54, 1.807) is 10.7 Å². The predicted octanol–water partition coefficient (Wildman–Crippen LogP) is 3.65. The second-order valence-electron chi connectivity index (χ2n) is 6.45. The maximum absolute atomic E-state index is 12.8. The minimum absolute atomic E-state index is 0.00673. The number of alkyl halides is 3. The zero-order valence-corrected chi connectivity index (χ0v) is 14.5. The second-order valence-corrected chi connectivity index (χ2v) is 6.45. The summed E-state index contributed by atoms with van der Waals surface area (Å²) in [6.07, 6.45) is 5.07. The topological polar surface area (TPSA) is 68.0 Å². The Morgan fingerprint density at radius 2 is 2.11 bits per heavy atom. The Balaban J connectivity index is 1.69. The molecule has 4 rings (SSSR count). The highest BCUT2D eigenvalue weighted by molar-refractivity contribution is 5.82. The maximum Gasteiger partial charge on any atom is 0.408 e. The second kappa shape index (κ2) is 6.64. The van der Waals surface area contributed by atoms with Crippen molar-refractivity contribution >= 4 is 17.2 Å². The first-order valence-corrected chi connectivity index (χ1v) is 8.61. The van der Waals surface area contributed by atoms with Crippen molar-refractivity contribution in [2.24, 2.45) is 0 Å². The van der Waals surface area contributed by atoms with E-state index in [0.717, 1.165) is 47.8 Å². The van der Waals surface area contributed by atoms with Gasteiger partial charge in [0.05, 0.1) is 5.69 Å². The number of rotatable bonds is 3. The first-order valence-electron chi connectivity index (χ1n) is 8.61. The lowest BCUT2D eigenvalue weighted by Crippen LogP contribution is -2.33. The van der Waals surface area contributed by atoms with Crippen LogP contribution in [0.1, 0.15) is 36.6 Å². The number of fused-ring (bicyclic) bond motifs is 2. The number of allylic oxidation sites excluding steroid dienone is 1. The Morgan fingerprint density at radius 3 is 2.93 bits per heavy atom. The number of aryl methyl sites for hydroxylation is 1. The van der Waals surface area contributed by atoms with Crippen LogP contribution >= 0.6 is 0 Å². The summed E-state index contributed by atoms with van der Waals surface area (Å²) in [5, 5.41) is 6.43. The average molecular weight is 374 g/mol. The number of pyridine rings is 1. The maximum atomic E-state index is 12.8. The molecule has 0 aromatic carbocycles. The number of nitrogens with zero attached hydrogens (tertiary/aromatic N) is 5. The molecule has 0 amide bonds. The van der Waals surface area contributed by atoms with E-state index in [1.165, 1.54) is 6.33 Å². The summed E-state index contributed by atoms with van der Waals surface area (Å²) in [7, 11) is 0. The molecular formula is C18H17F3N6. The van der Waals surface area contributed by atoms with Gasteiger partial charge in [-0.1, -0.05) is 6.08 Å². The molecule has 1 aliphatic carbocycles. The molecule has 3 aromatic rings. The molecule has 3 heterocycles. The van der Waals surface area contributed by atoms with E-state index in [4.69, 9.17) is 0 Å². The number of hydrogen-bond acceptors (Lipinski definition) is 5. The molecule has 0 spiro atoms. The van der Waals surface area contributed by atoms with Crippen molar-refractivity contribution in [1.29, 1.82) is 0 Å². The molecule has 0 aliphatic heterocycles. The minimum atomic E-state index is -4.35. The van der Waals surface area contributed by atoms with Gasteiger partial charge in [-0.3, -0.25) is 0 Å². The lowest BCUT2D eigenvalue weighted by Gasteiger charge is -2.18. The molecular weight excluding hydrogens is 357 g/mol. The quantitative estimate of drug-likeness (QED) is 0.758. The Morgan fingerprint density at radius 1 is 1.26 bits per heavy atom. The average Bonchev–Trinajstić information content (AvgIpc) is 2.99. The van der Waals surface area contributed by atoms with Crippen molar-refractivity contribution in [3.05, 3.63) is 53.8 Å². The van der Waals surface area contributed by atoms with Gasteiger partial charge in [0.1, 0.15) is 12.4 Å². The van der Waals surface area contributed by atoms with Crippen LogP contribution in [0.3, 0.4) is 0 Å². The molecule has 0 radical (unpaired) electrons. The van der Waals surface area contributed by atoms with Crippen molar-refractivity contribution in [2.75, 3.05) is 5.32 Å². The van der Waals surface area contributed by atoms with E-state index in [-0.39, 0.29) is 5.95 Å². The first kappa shape index (κ1) is 17.4. The van der Waals surface area contributed by atoms with Crippen LogP contribution in [0.5, 0.6) is 0 Å². The zero-order valence-electron chi connectivity index (χ0n) is 14.5. The van der Waals surface area contributed by atoms with Gasteiger partial charge in [0.25, 0.3) is 0 Å². The van der Waals surface area contributed by atoms with Crippen molar-refractivity contribution < 1.29 is 13.2 Å². The Kier molecular flexibility index (Phi) is 4.29. The molecule has 0 fully saturated rings. The Hall–Kier alpha value is -2.97. The fourth-order valence-corrected chi connectivity index (χ4v) is 3.06. The third-order valence-corrected chi connectivity index (χ3v) is 4.55. The number of hydrogen-bond donors (Lipinski definition) is 1. The number of nitrogens with one attached hydrogen (secondary N) is 1. The standard InChI is InChI=1S/C18H17F3N6/c1-11(18(19,20)21)25-17-22-9-14-13(4-2-3-5-15(14)26-17)12-6-7-27-16(8-12)23-10-24-27/h4,6-11H,2-3,5H2,1H3,(H,22,25,26)/t11-/m0/s1. The lowest BCUT2D eigenvalue weighted by molar-refractivity contribution is -0.138. The van der Waals surface area contributed by atoms with Crippen LogP contribution in [0.15, 0.2) is 36.9 Å². The van der Waals surface area contributed by atoms with E-state index in [1.807, 2.05) is 18.3 Å². The number of halogens is 3. The van der Waals surface area contributed by atoms with E-state index in [9.17, 15) is 13.2 Å². The molecule has 0 bridgehead atoms. The fourth-order valence-electron chi connectivity index (χ4n) is 3.06. The van der Waals surface area contributed by atoms with E-state index in [0.29, 0.717) is 6.42 Å². The largest absolute Gasteiger partial charge is 0.408 e. The lowest BCUT2D eigenvalue weighted by atomic mass is 9.99. The van der Waals surface area contributed by atoms with Crippen LogP contribution in [0.25, 0.3) is 11.2 Å². The Bertz CT molecular complexity index is 1010. The number of aromatic nitrogens is 5. The molecule has 140 valence electrons. The van der Waals surface area contributed by atoms with Gasteiger partial charge in [-0.05, 0) is 49.5 Å². The highest BCUT2D eigenvalue weighted by Crippen LogP contribution is 2.31. The molecule has 27 heavy (non-hydrogen) atoms. The molecule has 3 aromatic heterocycles. The highest BCUT2D eigenvalue weighted by Gasteiger charge is 2.36. The summed E-state index contributed by atoms with van der Waals surface area (Å²) in [5.41, 5.74) is 4.21. The van der Waals surface area contributed by atoms with Gasteiger partial charge in [0.15, 0.2) is 5.65 Å². The summed E-state index contributed by atoms with van der Waals surface area (Å²) in [6.45, 7) is 1.05. The fraction of sp³-hybridized carbons (Fsp3) is 0.333. The smallest absolute Gasteiger partial charge is 0.343 e. The monoisotopic (exact) mass is 374 g/mol. The van der Waals surface area contributed by atoms with Crippen molar-refractivity contribution in [3.63, 3.8) is 0 Å². The van der Waals surface area contributed by atoms with Crippen LogP contribution in [-0.2, 0) is 6.42 Å². The SMILES string of the molecule is C[C@H](Nc1ncc2c(n1)CCCC=C2c1ccn2ncnc2c1)C(F)(F)F. The molecule has 9 heteroatoms. The van der Waals surface area contributed by atoms with E-state index < -0.39 is 12.2 Å². The molecule has 1 N–H and O–H groups in total. The van der Waals surface area contributed by atoms with Crippen LogP contribution in [-0.4, -0.2) is 36.8 Å². The minimum Gasteiger partial charge on any atom is -0.343 e. The molecule has 6 nitrogen and oxygen atoms in total. The number of anilines is 1. The van der Waals surface area contributed by atoms with Gasteiger partial charge >= 0.3 is 6.18 Å². The van der Waals surface area contributed by atoms with Crippen LogP contribution in [0, 0.1) is 0 Å². The summed E-state index contributed by atoms with van der Waals surface area (Å²) in [4.78, 5) is 12.7. The third kappa shape index (κ3) is 3.49. The first-order chi connectivity index (χ1) is 12.9. The van der Waals surface area contributed by atoms with Gasteiger partial charge in [-0.2, -0.15) is 18.3 Å². The molecule has 1 atom stereocenters. The Labute approximate surface area is 153 Å². The van der Waals surface area contributed by atoms with Crippen LogP contribution < -0.4 is 5.32 Å². The van der Waals surface area contributed by atoms with Gasteiger partial charge in [0.2, 0.25) is 5.95 Å². The van der Waals surface area contributed by atoms with Crippen molar-refractivity contribution in [2.45, 2.75) is 38.4 Å². The normalized spacial score (nSPS) is 15.8. The molecule has 0 saturated heterocycles. The van der Waals surface area contributed by atoms with E-state index in [2.05, 4.69) is 31.4 Å². The predicted molar refractivity (Wildman–Crippen MR) is 94.2 cm³/mol. The van der Waals surface area contributed by atoms with Gasteiger partial charge < -0.3 is 5.32 Å². The van der Waals surface area contributed by atoms with Crippen LogP contribution in [0.4, 0.5) is 19.1 Å². The molecule has 0 unspecified atom stereocenters. The summed E-state index contributed by atoms with van der Waals surface area (Å²) in [6, 6.07) is 2.14. The summed E-state index contributed by atoms with van der Waals surface area (Å²) >= 11 is 0. The van der Waals surface area contributed by atoms with Crippen molar-refractivity contribution in [1.82, 2.24) is 24.6 Å². The third-order valence-electron chi connectivity index (χ3n) is 4.55.